The van der Waals surface area contributed by atoms with Crippen molar-refractivity contribution in [3.63, 3.8) is 0 Å². The second-order valence-electron chi connectivity index (χ2n) is 5.30. The van der Waals surface area contributed by atoms with E-state index >= 15 is 0 Å². The molecule has 6 heteroatoms. The first-order chi connectivity index (χ1) is 11.6. The predicted molar refractivity (Wildman–Crippen MR) is 95.4 cm³/mol. The highest BCUT2D eigenvalue weighted by molar-refractivity contribution is 9.10. The third-order valence-corrected chi connectivity index (χ3v) is 4.12. The highest BCUT2D eigenvalue weighted by Crippen LogP contribution is 2.27. The van der Waals surface area contributed by atoms with Crippen molar-refractivity contribution in [1.29, 1.82) is 5.26 Å². The molecule has 5 nitrogen and oxygen atoms in total. The molecule has 1 atom stereocenters. The Morgan fingerprint density at radius 2 is 2.42 bits per heavy atom. The van der Waals surface area contributed by atoms with Gasteiger partial charge in [0.15, 0.2) is 0 Å². The Hall–Kier alpha value is -2.10. The molecule has 0 spiro atoms. The van der Waals surface area contributed by atoms with E-state index < -0.39 is 5.91 Å². The highest BCUT2D eigenvalue weighted by Gasteiger charge is 2.17. The Balaban J connectivity index is 2.03. The zero-order chi connectivity index (χ0) is 17.4. The number of rotatable bonds is 7. The van der Waals surface area contributed by atoms with Crippen LogP contribution < -0.4 is 10.1 Å². The average Bonchev–Trinajstić information content (AvgIpc) is 3.10. The zero-order valence-electron chi connectivity index (χ0n) is 13.3. The van der Waals surface area contributed by atoms with Gasteiger partial charge in [-0.25, -0.2) is 0 Å². The van der Waals surface area contributed by atoms with Crippen molar-refractivity contribution >= 4 is 27.9 Å². The number of ether oxygens (including phenoxy) is 2. The zero-order valence-corrected chi connectivity index (χ0v) is 14.8. The van der Waals surface area contributed by atoms with E-state index in [9.17, 15) is 10.1 Å². The number of carbonyl (C=O) groups is 1. The summed E-state index contributed by atoms with van der Waals surface area (Å²) < 4.78 is 11.7. The Kier molecular flexibility index (Phi) is 7.04. The standard InChI is InChI=1S/C18H19BrN2O3/c1-2-7-24-17-6-5-13(10-16(17)19)9-14(11-20)18(22)21-12-15-4-3-8-23-15/h2,5-6,9-10,15H,1,3-4,7-8,12H2,(H,21,22)/b14-9+/t15-/m0/s1. The molecule has 1 heterocycles. The normalized spacial score (nSPS) is 17.2. The minimum atomic E-state index is -0.392. The lowest BCUT2D eigenvalue weighted by Crippen LogP contribution is -2.32. The lowest BCUT2D eigenvalue weighted by molar-refractivity contribution is -0.117. The van der Waals surface area contributed by atoms with Gasteiger partial charge >= 0.3 is 0 Å². The first-order valence-electron chi connectivity index (χ1n) is 7.69. The maximum atomic E-state index is 12.1. The van der Waals surface area contributed by atoms with Crippen molar-refractivity contribution in [2.45, 2.75) is 18.9 Å². The fraction of sp³-hybridized carbons (Fsp3) is 0.333. The molecule has 1 aliphatic heterocycles. The molecule has 0 bridgehead atoms. The summed E-state index contributed by atoms with van der Waals surface area (Å²) in [7, 11) is 0. The van der Waals surface area contributed by atoms with Gasteiger partial charge in [0.25, 0.3) is 5.91 Å². The molecule has 0 unspecified atom stereocenters. The molecule has 1 N–H and O–H groups in total. The molecular weight excluding hydrogens is 372 g/mol. The average molecular weight is 391 g/mol. The third kappa shape index (κ3) is 5.22. The van der Waals surface area contributed by atoms with Gasteiger partial charge in [0, 0.05) is 13.2 Å². The van der Waals surface area contributed by atoms with Crippen LogP contribution in [0.5, 0.6) is 5.75 Å². The first kappa shape index (κ1) is 18.2. The predicted octanol–water partition coefficient (Wildman–Crippen LogP) is 3.22. The van der Waals surface area contributed by atoms with Gasteiger partial charge in [0.05, 0.1) is 10.6 Å². The van der Waals surface area contributed by atoms with Crippen molar-refractivity contribution in [3.05, 3.63) is 46.5 Å². The number of hydrogen-bond donors (Lipinski definition) is 1. The summed E-state index contributed by atoms with van der Waals surface area (Å²) >= 11 is 3.41. The van der Waals surface area contributed by atoms with Crippen LogP contribution in [0.25, 0.3) is 6.08 Å². The lowest BCUT2D eigenvalue weighted by atomic mass is 10.1. The van der Waals surface area contributed by atoms with E-state index in [0.717, 1.165) is 29.5 Å². The van der Waals surface area contributed by atoms with Gasteiger partial charge in [-0.15, -0.1) is 0 Å². The number of nitrogens with zero attached hydrogens (tertiary/aromatic N) is 1. The van der Waals surface area contributed by atoms with E-state index in [1.54, 1.807) is 30.4 Å². The molecule has 1 aromatic carbocycles. The topological polar surface area (TPSA) is 71.3 Å². The fourth-order valence-corrected chi connectivity index (χ4v) is 2.81. The smallest absolute Gasteiger partial charge is 0.262 e. The van der Waals surface area contributed by atoms with E-state index in [-0.39, 0.29) is 11.7 Å². The molecular formula is C18H19BrN2O3. The Morgan fingerprint density at radius 1 is 1.58 bits per heavy atom. The molecule has 0 radical (unpaired) electrons. The largest absolute Gasteiger partial charge is 0.488 e. The van der Waals surface area contributed by atoms with Crippen LogP contribution in [0.1, 0.15) is 18.4 Å². The third-order valence-electron chi connectivity index (χ3n) is 3.50. The number of nitriles is 1. The Bertz CT molecular complexity index is 673. The highest BCUT2D eigenvalue weighted by atomic mass is 79.9. The van der Waals surface area contributed by atoms with Crippen molar-refractivity contribution in [2.75, 3.05) is 19.8 Å². The SMILES string of the molecule is C=CCOc1ccc(/C=C(\C#N)C(=O)NC[C@@H]2CCCO2)cc1Br. The summed E-state index contributed by atoms with van der Waals surface area (Å²) in [5.74, 6) is 0.282. The molecule has 1 saturated heterocycles. The van der Waals surface area contributed by atoms with Crippen LogP contribution in [-0.2, 0) is 9.53 Å². The number of carbonyl (C=O) groups excluding carboxylic acids is 1. The Morgan fingerprint density at radius 3 is 3.04 bits per heavy atom. The van der Waals surface area contributed by atoms with Crippen LogP contribution >= 0.6 is 15.9 Å². The number of amides is 1. The summed E-state index contributed by atoms with van der Waals surface area (Å²) in [5.41, 5.74) is 0.788. The van der Waals surface area contributed by atoms with Crippen molar-refractivity contribution in [1.82, 2.24) is 5.32 Å². The van der Waals surface area contributed by atoms with Crippen molar-refractivity contribution in [3.8, 4) is 11.8 Å². The summed E-state index contributed by atoms with van der Waals surface area (Å²) in [6, 6.07) is 7.30. The van der Waals surface area contributed by atoms with Gasteiger partial charge in [-0.1, -0.05) is 18.7 Å². The summed E-state index contributed by atoms with van der Waals surface area (Å²) in [6.45, 7) is 5.16. The van der Waals surface area contributed by atoms with Crippen LogP contribution in [-0.4, -0.2) is 31.8 Å². The number of hydrogen-bond acceptors (Lipinski definition) is 4. The second-order valence-corrected chi connectivity index (χ2v) is 6.16. The number of halogens is 1. The van der Waals surface area contributed by atoms with Gasteiger partial charge in [0.2, 0.25) is 0 Å². The van der Waals surface area contributed by atoms with Crippen molar-refractivity contribution < 1.29 is 14.3 Å². The van der Waals surface area contributed by atoms with Crippen LogP contribution in [0.15, 0.2) is 40.9 Å². The van der Waals surface area contributed by atoms with E-state index in [1.165, 1.54) is 0 Å². The van der Waals surface area contributed by atoms with Gasteiger partial charge in [-0.3, -0.25) is 4.79 Å². The summed E-state index contributed by atoms with van der Waals surface area (Å²) in [4.78, 5) is 12.1. The maximum absolute atomic E-state index is 12.1. The van der Waals surface area contributed by atoms with Crippen LogP contribution in [0.2, 0.25) is 0 Å². The monoisotopic (exact) mass is 390 g/mol. The molecule has 1 aromatic rings. The van der Waals surface area contributed by atoms with Gasteiger partial charge in [-0.05, 0) is 52.5 Å². The van der Waals surface area contributed by atoms with Crippen LogP contribution in [0, 0.1) is 11.3 Å². The minimum Gasteiger partial charge on any atom is -0.488 e. The van der Waals surface area contributed by atoms with Gasteiger partial charge in [-0.2, -0.15) is 5.26 Å². The molecule has 126 valence electrons. The molecule has 1 aliphatic rings. The van der Waals surface area contributed by atoms with E-state index in [0.29, 0.717) is 18.9 Å². The number of nitrogens with one attached hydrogen (secondary N) is 1. The first-order valence-corrected chi connectivity index (χ1v) is 8.48. The molecule has 1 amide bonds. The van der Waals surface area contributed by atoms with Gasteiger partial charge < -0.3 is 14.8 Å². The molecule has 1 fully saturated rings. The molecule has 24 heavy (non-hydrogen) atoms. The second kappa shape index (κ2) is 9.26. The Labute approximate surface area is 150 Å². The quantitative estimate of drug-likeness (QED) is 0.440. The molecule has 0 aromatic heterocycles. The van der Waals surface area contributed by atoms with E-state index in [4.69, 9.17) is 9.47 Å². The van der Waals surface area contributed by atoms with Crippen LogP contribution in [0.3, 0.4) is 0 Å². The van der Waals surface area contributed by atoms with Gasteiger partial charge in [0.1, 0.15) is 24.0 Å². The molecule has 0 saturated carbocycles. The molecule has 2 rings (SSSR count). The number of benzene rings is 1. The minimum absolute atomic E-state index is 0.0457. The summed E-state index contributed by atoms with van der Waals surface area (Å²) in [5, 5.41) is 12.0. The van der Waals surface area contributed by atoms with E-state index in [2.05, 4.69) is 27.8 Å². The van der Waals surface area contributed by atoms with E-state index in [1.807, 2.05) is 6.07 Å². The fourth-order valence-electron chi connectivity index (χ4n) is 2.29. The van der Waals surface area contributed by atoms with Crippen LogP contribution in [0.4, 0.5) is 0 Å². The summed E-state index contributed by atoms with van der Waals surface area (Å²) in [6.07, 6.45) is 5.20. The lowest BCUT2D eigenvalue weighted by Gasteiger charge is -2.10. The van der Waals surface area contributed by atoms with Crippen molar-refractivity contribution in [2.24, 2.45) is 0 Å². The maximum Gasteiger partial charge on any atom is 0.262 e. The molecule has 0 aliphatic carbocycles.